The van der Waals surface area contributed by atoms with Gasteiger partial charge in [-0.1, -0.05) is 0 Å². The topological polar surface area (TPSA) is 51.5 Å². The predicted octanol–water partition coefficient (Wildman–Crippen LogP) is 1.95. The third-order valence-corrected chi connectivity index (χ3v) is 3.73. The van der Waals surface area contributed by atoms with Crippen LogP contribution in [-0.4, -0.2) is 33.2 Å². The van der Waals surface area contributed by atoms with Gasteiger partial charge in [0.05, 0.1) is 25.9 Å². The summed E-state index contributed by atoms with van der Waals surface area (Å²) in [6, 6.07) is 2.35. The van der Waals surface area contributed by atoms with E-state index in [0.29, 0.717) is 18.4 Å². The van der Waals surface area contributed by atoms with Crippen LogP contribution in [0.25, 0.3) is 0 Å². The molecule has 4 nitrogen and oxygen atoms in total. The van der Waals surface area contributed by atoms with Crippen molar-refractivity contribution in [1.29, 1.82) is 5.26 Å². The highest BCUT2D eigenvalue weighted by atomic mass is 16.7. The van der Waals surface area contributed by atoms with Gasteiger partial charge >= 0.3 is 0 Å². The van der Waals surface area contributed by atoms with Crippen molar-refractivity contribution in [1.82, 2.24) is 0 Å². The molecule has 17 heavy (non-hydrogen) atoms. The van der Waals surface area contributed by atoms with Gasteiger partial charge in [-0.05, 0) is 25.7 Å². The maximum Gasteiger partial charge on any atom is 0.160 e. The largest absolute Gasteiger partial charge is 0.384 e. The molecule has 1 aliphatic heterocycles. The van der Waals surface area contributed by atoms with Crippen LogP contribution in [-0.2, 0) is 14.2 Å². The third-order valence-electron chi connectivity index (χ3n) is 3.73. The molecule has 1 aliphatic carbocycles. The second-order valence-electron chi connectivity index (χ2n) is 5.10. The first kappa shape index (κ1) is 12.8. The Bertz CT molecular complexity index is 260. The molecule has 0 unspecified atom stereocenters. The second-order valence-corrected chi connectivity index (χ2v) is 5.10. The summed E-state index contributed by atoms with van der Waals surface area (Å²) < 4.78 is 16.6. The van der Waals surface area contributed by atoms with Gasteiger partial charge in [0, 0.05) is 24.9 Å². The molecule has 0 atom stereocenters. The van der Waals surface area contributed by atoms with E-state index in [-0.39, 0.29) is 12.2 Å². The molecular formula is C13H21NO3. The van der Waals surface area contributed by atoms with Gasteiger partial charge in [0.1, 0.15) is 0 Å². The molecule has 2 fully saturated rings. The molecule has 1 saturated heterocycles. The smallest absolute Gasteiger partial charge is 0.160 e. The quantitative estimate of drug-likeness (QED) is 0.755. The van der Waals surface area contributed by atoms with E-state index in [1.54, 1.807) is 7.11 Å². The van der Waals surface area contributed by atoms with Crippen LogP contribution in [0.3, 0.4) is 0 Å². The Kier molecular flexibility index (Phi) is 4.78. The molecule has 0 aromatic carbocycles. The van der Waals surface area contributed by atoms with Gasteiger partial charge in [-0.25, -0.2) is 0 Å². The van der Waals surface area contributed by atoms with Crippen LogP contribution in [0.4, 0.5) is 0 Å². The number of ether oxygens (including phenoxy) is 3. The Morgan fingerprint density at radius 3 is 2.35 bits per heavy atom. The van der Waals surface area contributed by atoms with Crippen LogP contribution < -0.4 is 0 Å². The van der Waals surface area contributed by atoms with Crippen LogP contribution in [0.5, 0.6) is 0 Å². The first-order valence-corrected chi connectivity index (χ1v) is 6.45. The van der Waals surface area contributed by atoms with Crippen LogP contribution in [0, 0.1) is 29.1 Å². The molecule has 0 aromatic heterocycles. The summed E-state index contributed by atoms with van der Waals surface area (Å²) in [5.41, 5.74) is 0. The molecule has 0 aromatic rings. The molecule has 4 heteroatoms. The van der Waals surface area contributed by atoms with Gasteiger partial charge in [-0.2, -0.15) is 5.26 Å². The average molecular weight is 239 g/mol. The Balaban J connectivity index is 1.72. The van der Waals surface area contributed by atoms with Crippen LogP contribution in [0.1, 0.15) is 25.7 Å². The molecule has 0 bridgehead atoms. The standard InChI is InChI=1S/C13H21NO3/c1-15-7-11-8-16-13(17-9-11)12-4-2-10(6-14)3-5-12/h10-13H,2-5,7-9H2,1H3/t10-,11-,12-,13-. The summed E-state index contributed by atoms with van der Waals surface area (Å²) in [6.45, 7) is 2.17. The summed E-state index contributed by atoms with van der Waals surface area (Å²) in [5, 5.41) is 8.86. The Hall–Kier alpha value is -0.630. The summed E-state index contributed by atoms with van der Waals surface area (Å²) in [7, 11) is 1.70. The molecule has 0 N–H and O–H groups in total. The predicted molar refractivity (Wildman–Crippen MR) is 62.1 cm³/mol. The van der Waals surface area contributed by atoms with Gasteiger partial charge in [0.2, 0.25) is 0 Å². The van der Waals surface area contributed by atoms with E-state index in [1.807, 2.05) is 0 Å². The van der Waals surface area contributed by atoms with Gasteiger partial charge in [0.25, 0.3) is 0 Å². The van der Waals surface area contributed by atoms with Crippen LogP contribution >= 0.6 is 0 Å². The molecule has 2 rings (SSSR count). The van der Waals surface area contributed by atoms with E-state index in [2.05, 4.69) is 6.07 Å². The van der Waals surface area contributed by atoms with Crippen molar-refractivity contribution in [3.63, 3.8) is 0 Å². The SMILES string of the molecule is COC[C@H]1CO[C@H]([C@H]2CC[C@H](C#N)CC2)OC1. The Labute approximate surface area is 103 Å². The fourth-order valence-electron chi connectivity index (χ4n) is 2.68. The number of nitrogens with zero attached hydrogens (tertiary/aromatic N) is 1. The lowest BCUT2D eigenvalue weighted by molar-refractivity contribution is -0.233. The lowest BCUT2D eigenvalue weighted by Gasteiger charge is -2.36. The number of rotatable bonds is 3. The van der Waals surface area contributed by atoms with E-state index < -0.39 is 0 Å². The summed E-state index contributed by atoms with van der Waals surface area (Å²) in [5.74, 6) is 1.09. The minimum Gasteiger partial charge on any atom is -0.384 e. The Morgan fingerprint density at radius 1 is 1.18 bits per heavy atom. The third kappa shape index (κ3) is 3.41. The summed E-state index contributed by atoms with van der Waals surface area (Å²) in [4.78, 5) is 0. The summed E-state index contributed by atoms with van der Waals surface area (Å²) in [6.07, 6.45) is 4.04. The van der Waals surface area contributed by atoms with Crippen LogP contribution in [0.15, 0.2) is 0 Å². The van der Waals surface area contributed by atoms with E-state index in [4.69, 9.17) is 19.5 Å². The number of hydrogen-bond donors (Lipinski definition) is 0. The van der Waals surface area contributed by atoms with E-state index >= 15 is 0 Å². The normalized spacial score (nSPS) is 38.6. The lowest BCUT2D eigenvalue weighted by atomic mass is 9.82. The number of methoxy groups -OCH3 is 1. The van der Waals surface area contributed by atoms with E-state index in [0.717, 1.165) is 38.9 Å². The molecule has 0 amide bonds. The van der Waals surface area contributed by atoms with E-state index in [1.165, 1.54) is 0 Å². The number of hydrogen-bond acceptors (Lipinski definition) is 4. The molecule has 96 valence electrons. The average Bonchev–Trinajstić information content (AvgIpc) is 2.40. The fraction of sp³-hybridized carbons (Fsp3) is 0.923. The molecule has 0 radical (unpaired) electrons. The lowest BCUT2D eigenvalue weighted by Crippen LogP contribution is -2.39. The second kappa shape index (κ2) is 6.34. The van der Waals surface area contributed by atoms with E-state index in [9.17, 15) is 0 Å². The molecule has 0 spiro atoms. The maximum atomic E-state index is 8.86. The number of nitriles is 1. The highest BCUT2D eigenvalue weighted by Crippen LogP contribution is 2.33. The van der Waals surface area contributed by atoms with Crippen LogP contribution in [0.2, 0.25) is 0 Å². The Morgan fingerprint density at radius 2 is 1.82 bits per heavy atom. The zero-order valence-electron chi connectivity index (χ0n) is 10.4. The van der Waals surface area contributed by atoms with Crippen molar-refractivity contribution in [2.45, 2.75) is 32.0 Å². The molecule has 1 heterocycles. The van der Waals surface area contributed by atoms with Crippen molar-refractivity contribution < 1.29 is 14.2 Å². The van der Waals surface area contributed by atoms with Crippen molar-refractivity contribution in [3.8, 4) is 6.07 Å². The molecule has 1 saturated carbocycles. The van der Waals surface area contributed by atoms with Gasteiger partial charge < -0.3 is 14.2 Å². The zero-order valence-corrected chi connectivity index (χ0v) is 10.4. The molecular weight excluding hydrogens is 218 g/mol. The molecule has 2 aliphatic rings. The zero-order chi connectivity index (χ0) is 12.1. The first-order valence-electron chi connectivity index (χ1n) is 6.45. The van der Waals surface area contributed by atoms with Gasteiger partial charge in [0.15, 0.2) is 6.29 Å². The maximum absolute atomic E-state index is 8.86. The highest BCUT2D eigenvalue weighted by Gasteiger charge is 2.32. The minimum atomic E-state index is -0.0530. The monoisotopic (exact) mass is 239 g/mol. The van der Waals surface area contributed by atoms with Gasteiger partial charge in [-0.15, -0.1) is 0 Å². The highest BCUT2D eigenvalue weighted by molar-refractivity contribution is 4.88. The fourth-order valence-corrected chi connectivity index (χ4v) is 2.68. The minimum absolute atomic E-state index is 0.0530. The van der Waals surface area contributed by atoms with Crippen molar-refractivity contribution in [3.05, 3.63) is 0 Å². The van der Waals surface area contributed by atoms with Crippen molar-refractivity contribution in [2.75, 3.05) is 26.9 Å². The van der Waals surface area contributed by atoms with Crippen molar-refractivity contribution >= 4 is 0 Å². The van der Waals surface area contributed by atoms with Gasteiger partial charge in [-0.3, -0.25) is 0 Å². The summed E-state index contributed by atoms with van der Waals surface area (Å²) >= 11 is 0. The first-order chi connectivity index (χ1) is 8.33. The van der Waals surface area contributed by atoms with Crippen molar-refractivity contribution in [2.24, 2.45) is 17.8 Å².